The number of hydrogen-bond donors (Lipinski definition) is 2. The number of methoxy groups -OCH3 is 1. The molecule has 4 rings (SSSR count). The fraction of sp³-hybridized carbons (Fsp3) is 0.0435. The number of phenolic OH excluding ortho intramolecular Hbond substituents is 1. The van der Waals surface area contributed by atoms with Gasteiger partial charge in [0.25, 0.3) is 5.91 Å². The highest BCUT2D eigenvalue weighted by Crippen LogP contribution is 2.32. The van der Waals surface area contributed by atoms with Crippen LogP contribution in [0.1, 0.15) is 10.6 Å². The van der Waals surface area contributed by atoms with Gasteiger partial charge in [-0.2, -0.15) is 0 Å². The normalized spacial score (nSPS) is 10.7. The number of ether oxygens (including phenoxy) is 1. The van der Waals surface area contributed by atoms with E-state index in [2.05, 4.69) is 5.32 Å². The first-order chi connectivity index (χ1) is 14.5. The van der Waals surface area contributed by atoms with Gasteiger partial charge >= 0.3 is 0 Å². The number of anilines is 1. The third-order valence-corrected chi connectivity index (χ3v) is 4.88. The molecule has 0 bridgehead atoms. The third-order valence-electron chi connectivity index (χ3n) is 4.58. The monoisotopic (exact) mass is 421 g/mol. The van der Waals surface area contributed by atoms with Crippen LogP contribution in [0, 0.1) is 0 Å². The standard InChI is InChI=1S/C23H16ClNO5/c1-29-15-9-7-13(8-10-15)20-21(27)16-11-17(24)18(26)12-19(16)30-22(20)23(28)25-14-5-3-2-4-6-14/h2-12,26H,1H3,(H,25,28). The van der Waals surface area contributed by atoms with E-state index in [1.165, 1.54) is 19.2 Å². The Morgan fingerprint density at radius 1 is 1.07 bits per heavy atom. The van der Waals surface area contributed by atoms with Gasteiger partial charge in [0.05, 0.1) is 23.1 Å². The first-order valence-electron chi connectivity index (χ1n) is 8.98. The molecule has 150 valence electrons. The lowest BCUT2D eigenvalue weighted by Crippen LogP contribution is -2.18. The molecule has 0 spiro atoms. The van der Waals surface area contributed by atoms with Crippen molar-refractivity contribution in [3.05, 3.63) is 87.7 Å². The number of nitrogens with one attached hydrogen (secondary N) is 1. The van der Waals surface area contributed by atoms with Crippen molar-refractivity contribution in [2.24, 2.45) is 0 Å². The molecule has 0 fully saturated rings. The number of phenols is 1. The average molecular weight is 422 g/mol. The minimum absolute atomic E-state index is 0.0111. The second-order valence-electron chi connectivity index (χ2n) is 6.48. The number of para-hydroxylation sites is 1. The Morgan fingerprint density at radius 3 is 2.43 bits per heavy atom. The fourth-order valence-corrected chi connectivity index (χ4v) is 3.26. The summed E-state index contributed by atoms with van der Waals surface area (Å²) < 4.78 is 11.0. The first kappa shape index (κ1) is 19.5. The van der Waals surface area contributed by atoms with Gasteiger partial charge < -0.3 is 19.6 Å². The Labute approximate surface area is 176 Å². The van der Waals surface area contributed by atoms with Crippen LogP contribution < -0.4 is 15.5 Å². The molecule has 7 heteroatoms. The summed E-state index contributed by atoms with van der Waals surface area (Å²) >= 11 is 5.98. The van der Waals surface area contributed by atoms with Gasteiger partial charge in [-0.05, 0) is 35.9 Å². The van der Waals surface area contributed by atoms with E-state index >= 15 is 0 Å². The van der Waals surface area contributed by atoms with Crippen molar-refractivity contribution < 1.29 is 19.1 Å². The summed E-state index contributed by atoms with van der Waals surface area (Å²) in [6, 6.07) is 18.0. The zero-order valence-electron chi connectivity index (χ0n) is 15.8. The molecular weight excluding hydrogens is 406 g/mol. The van der Waals surface area contributed by atoms with E-state index in [-0.39, 0.29) is 33.1 Å². The summed E-state index contributed by atoms with van der Waals surface area (Å²) in [7, 11) is 1.53. The van der Waals surface area contributed by atoms with E-state index in [1.54, 1.807) is 48.5 Å². The van der Waals surface area contributed by atoms with Crippen LogP contribution >= 0.6 is 11.6 Å². The molecule has 1 amide bonds. The second-order valence-corrected chi connectivity index (χ2v) is 6.89. The van der Waals surface area contributed by atoms with Crippen molar-refractivity contribution in [3.8, 4) is 22.6 Å². The summed E-state index contributed by atoms with van der Waals surface area (Å²) in [5.74, 6) is -0.421. The Morgan fingerprint density at radius 2 is 1.77 bits per heavy atom. The first-order valence-corrected chi connectivity index (χ1v) is 9.36. The van der Waals surface area contributed by atoms with Crippen molar-refractivity contribution in [3.63, 3.8) is 0 Å². The number of halogens is 1. The highest BCUT2D eigenvalue weighted by molar-refractivity contribution is 6.32. The molecule has 4 aromatic rings. The van der Waals surface area contributed by atoms with Crippen LogP contribution in [0.4, 0.5) is 5.69 Å². The maximum Gasteiger partial charge on any atom is 0.292 e. The zero-order valence-corrected chi connectivity index (χ0v) is 16.6. The summed E-state index contributed by atoms with van der Waals surface area (Å²) in [5.41, 5.74) is 0.720. The Kier molecular flexibility index (Phi) is 5.16. The summed E-state index contributed by atoms with van der Waals surface area (Å²) in [6.07, 6.45) is 0. The van der Waals surface area contributed by atoms with Crippen LogP contribution in [-0.2, 0) is 0 Å². The number of aromatic hydroxyl groups is 1. The maximum atomic E-state index is 13.3. The van der Waals surface area contributed by atoms with E-state index in [0.717, 1.165) is 0 Å². The topological polar surface area (TPSA) is 88.8 Å². The fourth-order valence-electron chi connectivity index (χ4n) is 3.09. The molecule has 6 nitrogen and oxygen atoms in total. The van der Waals surface area contributed by atoms with Crippen molar-refractivity contribution in [1.82, 2.24) is 0 Å². The molecule has 0 saturated heterocycles. The summed E-state index contributed by atoms with van der Waals surface area (Å²) in [6.45, 7) is 0. The Hall–Kier alpha value is -3.77. The molecule has 0 saturated carbocycles. The highest BCUT2D eigenvalue weighted by Gasteiger charge is 2.23. The number of fused-ring (bicyclic) bond motifs is 1. The largest absolute Gasteiger partial charge is 0.506 e. The molecule has 0 aliphatic carbocycles. The number of amides is 1. The van der Waals surface area contributed by atoms with Crippen molar-refractivity contribution in [2.75, 3.05) is 12.4 Å². The van der Waals surface area contributed by atoms with Gasteiger partial charge in [0, 0.05) is 11.8 Å². The Balaban J connectivity index is 1.94. The lowest BCUT2D eigenvalue weighted by molar-refractivity contribution is 0.0998. The SMILES string of the molecule is COc1ccc(-c2c(C(=O)Nc3ccccc3)oc3cc(O)c(Cl)cc3c2=O)cc1. The number of hydrogen-bond acceptors (Lipinski definition) is 5. The van der Waals surface area contributed by atoms with E-state index in [9.17, 15) is 14.7 Å². The van der Waals surface area contributed by atoms with E-state index in [4.69, 9.17) is 20.8 Å². The maximum absolute atomic E-state index is 13.3. The van der Waals surface area contributed by atoms with Gasteiger partial charge in [-0.1, -0.05) is 41.9 Å². The minimum Gasteiger partial charge on any atom is -0.506 e. The van der Waals surface area contributed by atoms with E-state index in [0.29, 0.717) is 17.0 Å². The van der Waals surface area contributed by atoms with Crippen LogP contribution in [0.3, 0.4) is 0 Å². The molecule has 2 N–H and O–H groups in total. The molecule has 0 atom stereocenters. The predicted molar refractivity (Wildman–Crippen MR) is 116 cm³/mol. The third kappa shape index (κ3) is 3.60. The van der Waals surface area contributed by atoms with E-state index < -0.39 is 11.3 Å². The predicted octanol–water partition coefficient (Wildman–Crippen LogP) is 5.08. The molecule has 1 aromatic heterocycles. The lowest BCUT2D eigenvalue weighted by Gasteiger charge is -2.12. The summed E-state index contributed by atoms with van der Waals surface area (Å²) in [4.78, 5) is 26.3. The molecule has 0 aliphatic rings. The minimum atomic E-state index is -0.597. The van der Waals surface area contributed by atoms with Gasteiger partial charge in [-0.3, -0.25) is 9.59 Å². The Bertz CT molecular complexity index is 1300. The van der Waals surface area contributed by atoms with Crippen molar-refractivity contribution in [1.29, 1.82) is 0 Å². The molecular formula is C23H16ClNO5. The van der Waals surface area contributed by atoms with Crippen molar-refractivity contribution >= 4 is 34.2 Å². The van der Waals surface area contributed by atoms with Crippen LogP contribution in [-0.4, -0.2) is 18.1 Å². The number of benzene rings is 3. The van der Waals surface area contributed by atoms with Crippen LogP contribution in [0.5, 0.6) is 11.5 Å². The molecule has 1 heterocycles. The highest BCUT2D eigenvalue weighted by atomic mass is 35.5. The van der Waals surface area contributed by atoms with Gasteiger partial charge in [0.2, 0.25) is 11.2 Å². The quantitative estimate of drug-likeness (QED) is 0.479. The van der Waals surface area contributed by atoms with Gasteiger partial charge in [0.15, 0.2) is 0 Å². The average Bonchev–Trinajstić information content (AvgIpc) is 2.76. The van der Waals surface area contributed by atoms with Gasteiger partial charge in [-0.15, -0.1) is 0 Å². The summed E-state index contributed by atoms with van der Waals surface area (Å²) in [5, 5.41) is 12.8. The zero-order chi connectivity index (χ0) is 21.3. The molecule has 0 unspecified atom stereocenters. The number of rotatable bonds is 4. The van der Waals surface area contributed by atoms with Crippen LogP contribution in [0.15, 0.2) is 75.9 Å². The van der Waals surface area contributed by atoms with Gasteiger partial charge in [0.1, 0.15) is 17.1 Å². The molecule has 0 aliphatic heterocycles. The van der Waals surface area contributed by atoms with Crippen LogP contribution in [0.2, 0.25) is 5.02 Å². The van der Waals surface area contributed by atoms with Crippen molar-refractivity contribution in [2.45, 2.75) is 0 Å². The number of carbonyl (C=O) groups is 1. The lowest BCUT2D eigenvalue weighted by atomic mass is 10.0. The molecule has 3 aromatic carbocycles. The second kappa shape index (κ2) is 7.93. The molecule has 30 heavy (non-hydrogen) atoms. The van der Waals surface area contributed by atoms with E-state index in [1.807, 2.05) is 6.07 Å². The van der Waals surface area contributed by atoms with Crippen LogP contribution in [0.25, 0.3) is 22.1 Å². The number of carbonyl (C=O) groups excluding carboxylic acids is 1. The smallest absolute Gasteiger partial charge is 0.292 e. The molecule has 0 radical (unpaired) electrons. The van der Waals surface area contributed by atoms with Gasteiger partial charge in [-0.25, -0.2) is 0 Å².